The quantitative estimate of drug-likeness (QED) is 0.0201. The number of likely N-dealkylation sites (N-methyl/N-ethyl adjacent to an activating group) is 1. The third kappa shape index (κ3) is 40.9. The number of carbonyl (C=O) groups excluding carboxylic acids is 2. The highest BCUT2D eigenvalue weighted by molar-refractivity contribution is 7.45. The third-order valence-corrected chi connectivity index (χ3v) is 9.42. The van der Waals surface area contributed by atoms with Gasteiger partial charge in [-0.25, -0.2) is 0 Å². The van der Waals surface area contributed by atoms with Gasteiger partial charge in [0.1, 0.15) is 19.8 Å². The van der Waals surface area contributed by atoms with Gasteiger partial charge < -0.3 is 27.9 Å². The minimum atomic E-state index is -4.64. The Hall–Kier alpha value is -2.55. The first-order chi connectivity index (χ1) is 26.5. The topological polar surface area (TPSA) is 111 Å². The summed E-state index contributed by atoms with van der Waals surface area (Å²) < 4.78 is 33.8. The van der Waals surface area contributed by atoms with E-state index in [4.69, 9.17) is 18.5 Å². The summed E-state index contributed by atoms with van der Waals surface area (Å²) in [6.45, 7) is 4.00. The number of phosphoric ester groups is 1. The van der Waals surface area contributed by atoms with Crippen LogP contribution in [0.3, 0.4) is 0 Å². The maximum Gasteiger partial charge on any atom is 0.306 e. The summed E-state index contributed by atoms with van der Waals surface area (Å²) in [6.07, 6.45) is 44.9. The lowest BCUT2D eigenvalue weighted by Crippen LogP contribution is -2.37. The second-order valence-corrected chi connectivity index (χ2v) is 16.4. The summed E-state index contributed by atoms with van der Waals surface area (Å²) in [5.74, 6) is -0.887. The van der Waals surface area contributed by atoms with Crippen molar-refractivity contribution in [1.29, 1.82) is 0 Å². The predicted molar refractivity (Wildman–Crippen MR) is 226 cm³/mol. The van der Waals surface area contributed by atoms with Crippen LogP contribution in [0, 0.1) is 0 Å². The molecule has 0 amide bonds. The van der Waals surface area contributed by atoms with Gasteiger partial charge in [0.05, 0.1) is 27.7 Å². The fraction of sp³-hybridized carbons (Fsp3) is 0.689. The van der Waals surface area contributed by atoms with E-state index in [9.17, 15) is 19.0 Å². The second-order valence-electron chi connectivity index (χ2n) is 15.0. The lowest BCUT2D eigenvalue weighted by atomic mass is 10.1. The maximum absolute atomic E-state index is 12.7. The number of esters is 2. The first-order valence-corrected chi connectivity index (χ1v) is 22.6. The lowest BCUT2D eigenvalue weighted by Gasteiger charge is -2.28. The van der Waals surface area contributed by atoms with Crippen molar-refractivity contribution in [3.63, 3.8) is 0 Å². The van der Waals surface area contributed by atoms with Crippen LogP contribution in [0.2, 0.25) is 0 Å². The van der Waals surface area contributed by atoms with Gasteiger partial charge in [0.15, 0.2) is 6.10 Å². The molecule has 55 heavy (non-hydrogen) atoms. The van der Waals surface area contributed by atoms with Gasteiger partial charge in [-0.3, -0.25) is 14.2 Å². The number of carbonyl (C=O) groups is 2. The van der Waals surface area contributed by atoms with Crippen LogP contribution in [0.5, 0.6) is 0 Å². The maximum atomic E-state index is 12.7. The first kappa shape index (κ1) is 52.5. The van der Waals surface area contributed by atoms with Crippen molar-refractivity contribution in [3.8, 4) is 0 Å². The molecule has 0 bridgehead atoms. The van der Waals surface area contributed by atoms with Crippen LogP contribution in [0.1, 0.15) is 149 Å². The molecule has 0 radical (unpaired) electrons. The lowest BCUT2D eigenvalue weighted by molar-refractivity contribution is -0.870. The van der Waals surface area contributed by atoms with E-state index >= 15 is 0 Å². The van der Waals surface area contributed by atoms with Crippen molar-refractivity contribution >= 4 is 19.8 Å². The molecule has 9 nitrogen and oxygen atoms in total. The number of hydrogen-bond acceptors (Lipinski definition) is 8. The van der Waals surface area contributed by atoms with E-state index in [-0.39, 0.29) is 26.1 Å². The van der Waals surface area contributed by atoms with Gasteiger partial charge in [0.25, 0.3) is 7.82 Å². The van der Waals surface area contributed by atoms with Crippen molar-refractivity contribution in [3.05, 3.63) is 72.9 Å². The Bertz CT molecular complexity index is 1170. The van der Waals surface area contributed by atoms with Crippen LogP contribution in [-0.2, 0) is 32.7 Å². The van der Waals surface area contributed by atoms with Gasteiger partial charge in [-0.2, -0.15) is 0 Å². The van der Waals surface area contributed by atoms with Crippen LogP contribution in [-0.4, -0.2) is 70.0 Å². The highest BCUT2D eigenvalue weighted by Gasteiger charge is 2.21. The number of quaternary nitrogens is 1. The average molecular weight is 792 g/mol. The van der Waals surface area contributed by atoms with E-state index in [2.05, 4.69) is 86.8 Å². The Labute approximate surface area is 336 Å². The molecular formula is C45H78NO8P. The molecule has 10 heteroatoms. The van der Waals surface area contributed by atoms with Crippen LogP contribution >= 0.6 is 7.82 Å². The number of allylic oxidation sites excluding steroid dienone is 12. The monoisotopic (exact) mass is 792 g/mol. The first-order valence-electron chi connectivity index (χ1n) is 21.1. The Morgan fingerprint density at radius 2 is 1.04 bits per heavy atom. The van der Waals surface area contributed by atoms with E-state index < -0.39 is 32.5 Å². The van der Waals surface area contributed by atoms with Crippen molar-refractivity contribution in [2.24, 2.45) is 0 Å². The van der Waals surface area contributed by atoms with Crippen LogP contribution in [0.15, 0.2) is 72.9 Å². The summed E-state index contributed by atoms with van der Waals surface area (Å²) in [5.41, 5.74) is 0. The average Bonchev–Trinajstić information content (AvgIpc) is 3.13. The summed E-state index contributed by atoms with van der Waals surface area (Å²) in [4.78, 5) is 37.5. The number of rotatable bonds is 37. The zero-order chi connectivity index (χ0) is 40.7. The Morgan fingerprint density at radius 1 is 0.582 bits per heavy atom. The number of hydrogen-bond donors (Lipinski definition) is 0. The highest BCUT2D eigenvalue weighted by atomic mass is 31.2. The minimum Gasteiger partial charge on any atom is -0.756 e. The zero-order valence-corrected chi connectivity index (χ0v) is 36.2. The van der Waals surface area contributed by atoms with Gasteiger partial charge in [-0.1, -0.05) is 132 Å². The van der Waals surface area contributed by atoms with Crippen molar-refractivity contribution in [2.45, 2.75) is 155 Å². The molecule has 0 aliphatic rings. The summed E-state index contributed by atoms with van der Waals surface area (Å²) >= 11 is 0. The molecule has 0 aromatic rings. The third-order valence-electron chi connectivity index (χ3n) is 8.46. The summed E-state index contributed by atoms with van der Waals surface area (Å²) in [5, 5.41) is 0. The molecule has 0 N–H and O–H groups in total. The Morgan fingerprint density at radius 3 is 1.55 bits per heavy atom. The van der Waals surface area contributed by atoms with Crippen LogP contribution in [0.4, 0.5) is 0 Å². The standard InChI is InChI=1S/C45H78NO8P/c1-6-8-10-12-14-16-18-20-22-23-24-26-28-30-32-34-36-38-45(48)54-43(42-53-55(49,50)52-40-39-46(3,4)5)41-51-44(47)37-35-33-31-29-27-25-21-19-17-15-13-11-9-7-2/h8,10,13-16,19-22,24,26,43H,6-7,9,11-12,17-18,23,25,27-42H2,1-5H3/b10-8-,15-13-,16-14-,21-19-,22-20-,26-24-. The molecule has 0 heterocycles. The van der Waals surface area contributed by atoms with Gasteiger partial charge in [-0.15, -0.1) is 0 Å². The highest BCUT2D eigenvalue weighted by Crippen LogP contribution is 2.38. The van der Waals surface area contributed by atoms with Crippen LogP contribution in [0.25, 0.3) is 0 Å². The van der Waals surface area contributed by atoms with E-state index in [1.807, 2.05) is 21.1 Å². The van der Waals surface area contributed by atoms with Crippen LogP contribution < -0.4 is 4.89 Å². The molecule has 0 rings (SSSR count). The van der Waals surface area contributed by atoms with Crippen molar-refractivity contribution in [1.82, 2.24) is 0 Å². The zero-order valence-electron chi connectivity index (χ0n) is 35.3. The number of unbranched alkanes of at least 4 members (excludes halogenated alkanes) is 11. The van der Waals surface area contributed by atoms with Crippen molar-refractivity contribution < 1.29 is 42.1 Å². The minimum absolute atomic E-state index is 0.0422. The summed E-state index contributed by atoms with van der Waals surface area (Å²) in [6, 6.07) is 0. The number of ether oxygens (including phenoxy) is 2. The molecular weight excluding hydrogens is 713 g/mol. The fourth-order valence-corrected chi connectivity index (χ4v) is 5.86. The molecule has 0 aliphatic heterocycles. The normalized spacial score (nSPS) is 14.4. The molecule has 0 saturated heterocycles. The largest absolute Gasteiger partial charge is 0.756 e. The van der Waals surface area contributed by atoms with E-state index in [0.717, 1.165) is 96.3 Å². The van der Waals surface area contributed by atoms with Crippen molar-refractivity contribution in [2.75, 3.05) is 47.5 Å². The van der Waals surface area contributed by atoms with E-state index in [0.29, 0.717) is 23.9 Å². The van der Waals surface area contributed by atoms with E-state index in [1.165, 1.54) is 12.8 Å². The second kappa shape index (κ2) is 37.1. The molecule has 0 fully saturated rings. The molecule has 0 aromatic heterocycles. The molecule has 0 spiro atoms. The van der Waals surface area contributed by atoms with Gasteiger partial charge in [0, 0.05) is 12.8 Å². The molecule has 0 aliphatic carbocycles. The SMILES string of the molecule is CC/C=C\C/C=C\C/C=C\C/C=C\CCCCCCC(=O)OC(COC(=O)CCCCCCC/C=C\C/C=C\CCCC)COP(=O)([O-])OCC[N+](C)(C)C. The molecule has 316 valence electrons. The molecule has 2 unspecified atom stereocenters. The van der Waals surface area contributed by atoms with Gasteiger partial charge in [0.2, 0.25) is 0 Å². The fourth-order valence-electron chi connectivity index (χ4n) is 5.13. The number of nitrogens with zero attached hydrogens (tertiary/aromatic N) is 1. The molecule has 2 atom stereocenters. The Kier molecular flexibility index (Phi) is 35.3. The molecule has 0 aromatic carbocycles. The van der Waals surface area contributed by atoms with Gasteiger partial charge in [-0.05, 0) is 77.0 Å². The molecule has 0 saturated carbocycles. The van der Waals surface area contributed by atoms with Gasteiger partial charge >= 0.3 is 11.9 Å². The summed E-state index contributed by atoms with van der Waals surface area (Å²) in [7, 11) is 1.13. The number of phosphoric acid groups is 1. The van der Waals surface area contributed by atoms with E-state index in [1.54, 1.807) is 0 Å². The Balaban J connectivity index is 4.47. The smallest absolute Gasteiger partial charge is 0.306 e. The predicted octanol–water partition coefficient (Wildman–Crippen LogP) is 11.2.